The number of aliphatic hydroxyl groups excluding tert-OH is 1. The Balaban J connectivity index is 2.58. The molecule has 68 valence electrons. The fourth-order valence-electron chi connectivity index (χ4n) is 1.08. The molecule has 1 N–H and O–H groups in total. The Morgan fingerprint density at radius 1 is 1.58 bits per heavy atom. The molecular weight excluding hydrogens is 152 g/mol. The second kappa shape index (κ2) is 3.72. The van der Waals surface area contributed by atoms with Gasteiger partial charge < -0.3 is 9.67 Å². The van der Waals surface area contributed by atoms with Crippen molar-refractivity contribution < 1.29 is 5.11 Å². The van der Waals surface area contributed by atoms with Crippen molar-refractivity contribution in [1.82, 2.24) is 9.55 Å². The molecule has 2 atom stereocenters. The summed E-state index contributed by atoms with van der Waals surface area (Å²) >= 11 is 0. The lowest BCUT2D eigenvalue weighted by Gasteiger charge is -2.13. The summed E-state index contributed by atoms with van der Waals surface area (Å²) in [6, 6.07) is 0. The molecule has 0 aliphatic rings. The third-order valence-corrected chi connectivity index (χ3v) is 2.27. The van der Waals surface area contributed by atoms with E-state index in [1.54, 1.807) is 6.33 Å². The van der Waals surface area contributed by atoms with Crippen LogP contribution in [0.3, 0.4) is 0 Å². The number of imidazole rings is 1. The Bertz CT molecular complexity index is 242. The van der Waals surface area contributed by atoms with E-state index in [9.17, 15) is 5.11 Å². The molecule has 0 aliphatic heterocycles. The summed E-state index contributed by atoms with van der Waals surface area (Å²) in [5, 5.41) is 9.28. The number of hydrogen-bond acceptors (Lipinski definition) is 2. The first-order chi connectivity index (χ1) is 5.61. The second-order valence-electron chi connectivity index (χ2n) is 3.42. The number of aromatic nitrogens is 2. The molecule has 0 saturated heterocycles. The minimum absolute atomic E-state index is 0.250. The van der Waals surface area contributed by atoms with E-state index in [0.29, 0.717) is 5.92 Å². The molecule has 1 heterocycles. The van der Waals surface area contributed by atoms with Crippen molar-refractivity contribution in [2.24, 2.45) is 13.0 Å². The van der Waals surface area contributed by atoms with E-state index in [-0.39, 0.29) is 6.10 Å². The van der Waals surface area contributed by atoms with Gasteiger partial charge in [-0.3, -0.25) is 0 Å². The monoisotopic (exact) mass is 168 g/mol. The van der Waals surface area contributed by atoms with Gasteiger partial charge in [0.1, 0.15) is 0 Å². The molecule has 0 amide bonds. The van der Waals surface area contributed by atoms with Gasteiger partial charge in [-0.25, -0.2) is 4.98 Å². The molecule has 3 heteroatoms. The van der Waals surface area contributed by atoms with Crippen LogP contribution in [0.2, 0.25) is 0 Å². The molecule has 12 heavy (non-hydrogen) atoms. The van der Waals surface area contributed by atoms with Crippen LogP contribution in [0.4, 0.5) is 0 Å². The van der Waals surface area contributed by atoms with Gasteiger partial charge in [0.05, 0.1) is 12.4 Å². The highest BCUT2D eigenvalue weighted by Crippen LogP contribution is 2.10. The highest BCUT2D eigenvalue weighted by molar-refractivity contribution is 4.98. The number of nitrogens with zero attached hydrogens (tertiary/aromatic N) is 2. The van der Waals surface area contributed by atoms with Crippen LogP contribution in [-0.4, -0.2) is 20.8 Å². The van der Waals surface area contributed by atoms with Gasteiger partial charge in [-0.2, -0.15) is 0 Å². The Morgan fingerprint density at radius 3 is 2.67 bits per heavy atom. The fourth-order valence-corrected chi connectivity index (χ4v) is 1.08. The van der Waals surface area contributed by atoms with Crippen LogP contribution >= 0.6 is 0 Å². The highest BCUT2D eigenvalue weighted by Gasteiger charge is 2.10. The van der Waals surface area contributed by atoms with E-state index in [1.807, 2.05) is 31.7 Å². The van der Waals surface area contributed by atoms with Gasteiger partial charge in [0.25, 0.3) is 0 Å². The van der Waals surface area contributed by atoms with Gasteiger partial charge in [-0.1, -0.05) is 6.92 Å². The second-order valence-corrected chi connectivity index (χ2v) is 3.42. The zero-order chi connectivity index (χ0) is 9.14. The lowest BCUT2D eigenvalue weighted by Crippen LogP contribution is -2.16. The van der Waals surface area contributed by atoms with E-state index in [2.05, 4.69) is 4.98 Å². The van der Waals surface area contributed by atoms with Crippen LogP contribution < -0.4 is 0 Å². The summed E-state index contributed by atoms with van der Waals surface area (Å²) in [7, 11) is 1.97. The Labute approximate surface area is 73.1 Å². The minimum Gasteiger partial charge on any atom is -0.393 e. The van der Waals surface area contributed by atoms with Gasteiger partial charge in [0.2, 0.25) is 0 Å². The first-order valence-electron chi connectivity index (χ1n) is 4.24. The van der Waals surface area contributed by atoms with Crippen molar-refractivity contribution in [2.45, 2.75) is 26.4 Å². The van der Waals surface area contributed by atoms with Gasteiger partial charge in [-0.15, -0.1) is 0 Å². The van der Waals surface area contributed by atoms with Crippen molar-refractivity contribution >= 4 is 0 Å². The van der Waals surface area contributed by atoms with Crippen molar-refractivity contribution in [1.29, 1.82) is 0 Å². The van der Waals surface area contributed by atoms with E-state index >= 15 is 0 Å². The van der Waals surface area contributed by atoms with Crippen LogP contribution in [0.25, 0.3) is 0 Å². The molecule has 0 aliphatic carbocycles. The zero-order valence-corrected chi connectivity index (χ0v) is 7.86. The quantitative estimate of drug-likeness (QED) is 0.730. The molecule has 1 aromatic rings. The standard InChI is InChI=1S/C9H16N2O/c1-7(8(2)12)4-9-5-10-6-11(9)3/h5-8,12H,4H2,1-3H3. The Morgan fingerprint density at radius 2 is 2.25 bits per heavy atom. The summed E-state index contributed by atoms with van der Waals surface area (Å²) in [6.45, 7) is 3.86. The minimum atomic E-state index is -0.250. The highest BCUT2D eigenvalue weighted by atomic mass is 16.3. The topological polar surface area (TPSA) is 38.1 Å². The van der Waals surface area contributed by atoms with Gasteiger partial charge >= 0.3 is 0 Å². The maximum absolute atomic E-state index is 9.28. The molecule has 1 rings (SSSR count). The van der Waals surface area contributed by atoms with Crippen LogP contribution in [-0.2, 0) is 13.5 Å². The lowest BCUT2D eigenvalue weighted by atomic mass is 10.0. The summed E-state index contributed by atoms with van der Waals surface area (Å²) in [6.07, 6.45) is 4.26. The molecule has 3 nitrogen and oxygen atoms in total. The molecule has 2 unspecified atom stereocenters. The maximum atomic E-state index is 9.28. The molecule has 0 aromatic carbocycles. The lowest BCUT2D eigenvalue weighted by molar-refractivity contribution is 0.134. The summed E-state index contributed by atoms with van der Waals surface area (Å²) < 4.78 is 1.98. The van der Waals surface area contributed by atoms with Gasteiger partial charge in [-0.05, 0) is 19.3 Å². The normalized spacial score (nSPS) is 16.0. The van der Waals surface area contributed by atoms with Crippen LogP contribution in [0.1, 0.15) is 19.5 Å². The van der Waals surface area contributed by atoms with Crippen LogP contribution in [0, 0.1) is 5.92 Å². The SMILES string of the molecule is CC(O)C(C)Cc1cncn1C. The third-order valence-electron chi connectivity index (χ3n) is 2.27. The summed E-state index contributed by atoms with van der Waals surface area (Å²) in [4.78, 5) is 4.02. The van der Waals surface area contributed by atoms with E-state index in [1.165, 1.54) is 5.69 Å². The average Bonchev–Trinajstić information content (AvgIpc) is 2.36. The first-order valence-corrected chi connectivity index (χ1v) is 4.24. The van der Waals surface area contributed by atoms with E-state index < -0.39 is 0 Å². The van der Waals surface area contributed by atoms with Crippen molar-refractivity contribution in [3.8, 4) is 0 Å². The van der Waals surface area contributed by atoms with Gasteiger partial charge in [0, 0.05) is 18.9 Å². The predicted molar refractivity (Wildman–Crippen MR) is 47.8 cm³/mol. The molecule has 0 fully saturated rings. The molecule has 0 spiro atoms. The largest absolute Gasteiger partial charge is 0.393 e. The summed E-state index contributed by atoms with van der Waals surface area (Å²) in [5.74, 6) is 0.292. The van der Waals surface area contributed by atoms with Crippen LogP contribution in [0.5, 0.6) is 0 Å². The van der Waals surface area contributed by atoms with E-state index in [0.717, 1.165) is 6.42 Å². The molecule has 0 radical (unpaired) electrons. The Kier molecular flexibility index (Phi) is 2.87. The smallest absolute Gasteiger partial charge is 0.0945 e. The fraction of sp³-hybridized carbons (Fsp3) is 0.667. The summed E-state index contributed by atoms with van der Waals surface area (Å²) in [5.41, 5.74) is 1.17. The Hall–Kier alpha value is -0.830. The number of aryl methyl sites for hydroxylation is 1. The number of rotatable bonds is 3. The molecule has 1 aromatic heterocycles. The molecule has 0 saturated carbocycles. The van der Waals surface area contributed by atoms with Gasteiger partial charge in [0.15, 0.2) is 0 Å². The average molecular weight is 168 g/mol. The van der Waals surface area contributed by atoms with E-state index in [4.69, 9.17) is 0 Å². The van der Waals surface area contributed by atoms with Crippen LogP contribution in [0.15, 0.2) is 12.5 Å². The zero-order valence-electron chi connectivity index (χ0n) is 7.86. The van der Waals surface area contributed by atoms with Crippen molar-refractivity contribution in [2.75, 3.05) is 0 Å². The third kappa shape index (κ3) is 2.08. The maximum Gasteiger partial charge on any atom is 0.0945 e. The van der Waals surface area contributed by atoms with Crippen molar-refractivity contribution in [3.05, 3.63) is 18.2 Å². The van der Waals surface area contributed by atoms with Crippen molar-refractivity contribution in [3.63, 3.8) is 0 Å². The molecule has 0 bridgehead atoms. The number of aliphatic hydroxyl groups is 1. The predicted octanol–water partition coefficient (Wildman–Crippen LogP) is 0.980. The number of hydrogen-bond donors (Lipinski definition) is 1. The molecular formula is C9H16N2O. The first kappa shape index (κ1) is 9.26.